The van der Waals surface area contributed by atoms with Gasteiger partial charge in [-0.1, -0.05) is 12.1 Å². The molecule has 5 nitrogen and oxygen atoms in total. The van der Waals surface area contributed by atoms with Gasteiger partial charge in [0.1, 0.15) is 0 Å². The molecule has 0 aliphatic carbocycles. The zero-order chi connectivity index (χ0) is 18.7. The fourth-order valence-corrected chi connectivity index (χ4v) is 3.21. The maximum absolute atomic E-state index is 12.6. The topological polar surface area (TPSA) is 70.7 Å². The number of nitrogens with zero attached hydrogens (tertiary/aromatic N) is 2. The van der Waals surface area contributed by atoms with Gasteiger partial charge in [0.2, 0.25) is 5.16 Å². The van der Waals surface area contributed by atoms with Crippen molar-refractivity contribution in [3.63, 3.8) is 0 Å². The molecule has 10 heteroatoms. The van der Waals surface area contributed by atoms with E-state index < -0.39 is 17.6 Å². The molecule has 2 aromatic carbocycles. The molecule has 1 amide bonds. The second kappa shape index (κ2) is 7.50. The molecule has 3 rings (SSSR count). The number of hydrogen-bond acceptors (Lipinski definition) is 4. The Balaban J connectivity index is 1.77. The highest BCUT2D eigenvalue weighted by Crippen LogP contribution is 2.32. The Labute approximate surface area is 158 Å². The second-order valence-electron chi connectivity index (χ2n) is 5.04. The number of amides is 1. The van der Waals surface area contributed by atoms with Crippen LogP contribution in [0.15, 0.2) is 63.3 Å². The third kappa shape index (κ3) is 4.44. The first-order valence-corrected chi connectivity index (χ1v) is 8.77. The van der Waals surface area contributed by atoms with Crippen LogP contribution in [0.4, 0.5) is 18.9 Å². The van der Waals surface area contributed by atoms with Crippen LogP contribution in [-0.4, -0.2) is 21.1 Å². The highest BCUT2D eigenvalue weighted by molar-refractivity contribution is 9.10. The van der Waals surface area contributed by atoms with Gasteiger partial charge in [0, 0.05) is 10.5 Å². The lowest BCUT2D eigenvalue weighted by molar-refractivity contribution is -0.137. The Hall–Kier alpha value is -2.33. The Morgan fingerprint density at radius 3 is 2.42 bits per heavy atom. The van der Waals surface area contributed by atoms with Crippen LogP contribution in [0, 0.1) is 0 Å². The fourth-order valence-electron chi connectivity index (χ4n) is 2.04. The van der Waals surface area contributed by atoms with Crippen LogP contribution >= 0.6 is 27.7 Å². The summed E-state index contributed by atoms with van der Waals surface area (Å²) in [5, 5.41) is 9.78. The maximum Gasteiger partial charge on any atom is 0.416 e. The van der Waals surface area contributed by atoms with E-state index in [1.807, 2.05) is 0 Å². The SMILES string of the molecule is O=C(Nc1ccccc1Sc1n[nH]c(Br)n1)c1ccc(C(F)(F)F)cc1. The third-order valence-corrected chi connectivity index (χ3v) is 4.54. The number of benzene rings is 2. The maximum atomic E-state index is 12.6. The van der Waals surface area contributed by atoms with Crippen molar-refractivity contribution in [3.8, 4) is 0 Å². The van der Waals surface area contributed by atoms with E-state index in [9.17, 15) is 18.0 Å². The number of aromatic amines is 1. The standard InChI is InChI=1S/C16H10BrF3N4OS/c17-14-22-15(24-23-14)26-12-4-2-1-3-11(12)21-13(25)9-5-7-10(8-6-9)16(18,19)20/h1-8H,(H,21,25)(H,22,23,24). The zero-order valence-electron chi connectivity index (χ0n) is 12.8. The van der Waals surface area contributed by atoms with Crippen LogP contribution in [0.5, 0.6) is 0 Å². The molecule has 0 atom stereocenters. The molecule has 3 aromatic rings. The lowest BCUT2D eigenvalue weighted by Gasteiger charge is -2.10. The van der Waals surface area contributed by atoms with Crippen molar-refractivity contribution in [2.24, 2.45) is 0 Å². The zero-order valence-corrected chi connectivity index (χ0v) is 15.2. The molecule has 1 aromatic heterocycles. The smallest absolute Gasteiger partial charge is 0.321 e. The van der Waals surface area contributed by atoms with Crippen molar-refractivity contribution in [2.75, 3.05) is 5.32 Å². The van der Waals surface area contributed by atoms with Crippen molar-refractivity contribution in [3.05, 3.63) is 64.4 Å². The van der Waals surface area contributed by atoms with Gasteiger partial charge in [-0.05, 0) is 64.1 Å². The molecule has 0 aliphatic rings. The van der Waals surface area contributed by atoms with E-state index in [-0.39, 0.29) is 5.56 Å². The van der Waals surface area contributed by atoms with Crippen LogP contribution in [0.3, 0.4) is 0 Å². The van der Waals surface area contributed by atoms with Crippen LogP contribution < -0.4 is 5.32 Å². The second-order valence-corrected chi connectivity index (χ2v) is 6.80. The lowest BCUT2D eigenvalue weighted by atomic mass is 10.1. The van der Waals surface area contributed by atoms with Gasteiger partial charge in [0.15, 0.2) is 4.73 Å². The first kappa shape index (κ1) is 18.5. The molecule has 0 bridgehead atoms. The molecule has 2 N–H and O–H groups in total. The Bertz CT molecular complexity index is 928. The number of H-pyrrole nitrogens is 1. The van der Waals surface area contributed by atoms with Crippen molar-refractivity contribution in [1.29, 1.82) is 0 Å². The van der Waals surface area contributed by atoms with Gasteiger partial charge in [0.05, 0.1) is 11.3 Å². The van der Waals surface area contributed by atoms with Crippen LogP contribution in [-0.2, 0) is 6.18 Å². The number of aromatic nitrogens is 3. The predicted octanol–water partition coefficient (Wildman–Crippen LogP) is 4.99. The monoisotopic (exact) mass is 442 g/mol. The number of anilines is 1. The van der Waals surface area contributed by atoms with Gasteiger partial charge >= 0.3 is 6.18 Å². The summed E-state index contributed by atoms with van der Waals surface area (Å²) < 4.78 is 38.3. The van der Waals surface area contributed by atoms with E-state index in [0.717, 1.165) is 24.3 Å². The molecular weight excluding hydrogens is 433 g/mol. The Kier molecular flexibility index (Phi) is 5.33. The molecule has 26 heavy (non-hydrogen) atoms. The summed E-state index contributed by atoms with van der Waals surface area (Å²) >= 11 is 4.39. The molecule has 0 spiro atoms. The molecule has 0 unspecified atom stereocenters. The average Bonchev–Trinajstić information content (AvgIpc) is 3.01. The van der Waals surface area contributed by atoms with E-state index in [2.05, 4.69) is 36.4 Å². The molecule has 0 fully saturated rings. The first-order valence-electron chi connectivity index (χ1n) is 7.16. The van der Waals surface area contributed by atoms with Gasteiger partial charge in [0.25, 0.3) is 5.91 Å². The Morgan fingerprint density at radius 2 is 1.81 bits per heavy atom. The highest BCUT2D eigenvalue weighted by atomic mass is 79.9. The molecule has 0 aliphatic heterocycles. The van der Waals surface area contributed by atoms with Crippen LogP contribution in [0.1, 0.15) is 15.9 Å². The van der Waals surface area contributed by atoms with Crippen molar-refractivity contribution < 1.29 is 18.0 Å². The largest absolute Gasteiger partial charge is 0.416 e. The summed E-state index contributed by atoms with van der Waals surface area (Å²) in [4.78, 5) is 17.1. The van der Waals surface area contributed by atoms with Crippen LogP contribution in [0.25, 0.3) is 0 Å². The Morgan fingerprint density at radius 1 is 1.12 bits per heavy atom. The van der Waals surface area contributed by atoms with Gasteiger partial charge in [-0.2, -0.15) is 18.2 Å². The molecule has 0 saturated heterocycles. The number of hydrogen-bond donors (Lipinski definition) is 2. The minimum absolute atomic E-state index is 0.124. The van der Waals surface area contributed by atoms with Gasteiger partial charge in [-0.15, -0.1) is 5.10 Å². The van der Waals surface area contributed by atoms with Crippen molar-refractivity contribution >= 4 is 39.3 Å². The van der Waals surface area contributed by atoms with Gasteiger partial charge in [-0.25, -0.2) is 0 Å². The summed E-state index contributed by atoms with van der Waals surface area (Å²) in [5.41, 5.74) is -0.179. The highest BCUT2D eigenvalue weighted by Gasteiger charge is 2.30. The normalized spacial score (nSPS) is 11.4. The number of nitrogens with one attached hydrogen (secondary N) is 2. The number of alkyl halides is 3. The summed E-state index contributed by atoms with van der Waals surface area (Å²) in [5.74, 6) is -0.511. The summed E-state index contributed by atoms with van der Waals surface area (Å²) in [6, 6.07) is 11.0. The average molecular weight is 443 g/mol. The first-order chi connectivity index (χ1) is 12.3. The number of carbonyl (C=O) groups excluding carboxylic acids is 1. The third-order valence-electron chi connectivity index (χ3n) is 3.25. The van der Waals surface area contributed by atoms with Crippen molar-refractivity contribution in [2.45, 2.75) is 16.2 Å². The summed E-state index contributed by atoms with van der Waals surface area (Å²) in [6.07, 6.45) is -4.44. The lowest BCUT2D eigenvalue weighted by Crippen LogP contribution is -2.13. The van der Waals surface area contributed by atoms with E-state index >= 15 is 0 Å². The van der Waals surface area contributed by atoms with Gasteiger partial charge < -0.3 is 5.32 Å². The van der Waals surface area contributed by atoms with E-state index in [4.69, 9.17) is 0 Å². The minimum atomic E-state index is -4.44. The summed E-state index contributed by atoms with van der Waals surface area (Å²) in [6.45, 7) is 0. The molecule has 134 valence electrons. The number of rotatable bonds is 4. The fraction of sp³-hybridized carbons (Fsp3) is 0.0625. The van der Waals surface area contributed by atoms with E-state index in [1.165, 1.54) is 11.8 Å². The van der Waals surface area contributed by atoms with Crippen LogP contribution in [0.2, 0.25) is 0 Å². The summed E-state index contributed by atoms with van der Waals surface area (Å²) in [7, 11) is 0. The number of para-hydroxylation sites is 1. The molecule has 0 saturated carbocycles. The minimum Gasteiger partial charge on any atom is -0.321 e. The predicted molar refractivity (Wildman–Crippen MR) is 94.0 cm³/mol. The van der Waals surface area contributed by atoms with E-state index in [1.54, 1.807) is 24.3 Å². The van der Waals surface area contributed by atoms with Gasteiger partial charge in [-0.3, -0.25) is 9.89 Å². The molecular formula is C16H10BrF3N4OS. The van der Waals surface area contributed by atoms with E-state index in [0.29, 0.717) is 20.5 Å². The number of carbonyl (C=O) groups is 1. The quantitative estimate of drug-likeness (QED) is 0.596. The molecule has 0 radical (unpaired) electrons. The number of halogens is 4. The van der Waals surface area contributed by atoms with Crippen molar-refractivity contribution in [1.82, 2.24) is 15.2 Å². The molecule has 1 heterocycles.